The lowest BCUT2D eigenvalue weighted by molar-refractivity contribution is 0.583. The number of hydrogen-bond donors (Lipinski definition) is 1. The van der Waals surface area contributed by atoms with Gasteiger partial charge in [0.15, 0.2) is 0 Å². The van der Waals surface area contributed by atoms with E-state index in [0.717, 1.165) is 18.7 Å². The van der Waals surface area contributed by atoms with Crippen LogP contribution in [0.1, 0.15) is 29.6 Å². The van der Waals surface area contributed by atoms with Gasteiger partial charge in [-0.25, -0.2) is 0 Å². The molecule has 2 heterocycles. The molecule has 0 saturated heterocycles. The van der Waals surface area contributed by atoms with Gasteiger partial charge in [0.05, 0.1) is 5.69 Å². The fourth-order valence-corrected chi connectivity index (χ4v) is 2.92. The van der Waals surface area contributed by atoms with Crippen molar-refractivity contribution >= 4 is 11.3 Å². The molecule has 0 aliphatic carbocycles. The fourth-order valence-electron chi connectivity index (χ4n) is 2.16. The Hall–Kier alpha value is -1.13. The first-order chi connectivity index (χ1) is 8.17. The van der Waals surface area contributed by atoms with Crippen LogP contribution in [0.25, 0.3) is 11.1 Å². The molecule has 0 fully saturated rings. The van der Waals surface area contributed by atoms with Crippen LogP contribution in [0.2, 0.25) is 0 Å². The molecule has 0 amide bonds. The van der Waals surface area contributed by atoms with E-state index in [1.807, 2.05) is 0 Å². The van der Waals surface area contributed by atoms with Gasteiger partial charge in [-0.2, -0.15) is 5.10 Å². The van der Waals surface area contributed by atoms with Gasteiger partial charge in [0.1, 0.15) is 0 Å². The zero-order chi connectivity index (χ0) is 12.4. The summed E-state index contributed by atoms with van der Waals surface area (Å²) in [5.74, 6) is 0. The van der Waals surface area contributed by atoms with Crippen molar-refractivity contribution in [1.82, 2.24) is 9.78 Å². The predicted molar refractivity (Wildman–Crippen MR) is 73.2 cm³/mol. The third-order valence-corrected chi connectivity index (χ3v) is 3.92. The lowest BCUT2D eigenvalue weighted by atomic mass is 10.1. The second-order valence-electron chi connectivity index (χ2n) is 4.27. The van der Waals surface area contributed by atoms with Crippen LogP contribution in [0.5, 0.6) is 0 Å². The monoisotopic (exact) mass is 249 g/mol. The Morgan fingerprint density at radius 2 is 2.18 bits per heavy atom. The number of nitrogens with two attached hydrogens (primary N) is 1. The topological polar surface area (TPSA) is 43.8 Å². The summed E-state index contributed by atoms with van der Waals surface area (Å²) in [6.45, 7) is 8.00. The van der Waals surface area contributed by atoms with Crippen LogP contribution < -0.4 is 5.73 Å². The minimum absolute atomic E-state index is 0.617. The van der Waals surface area contributed by atoms with E-state index in [1.165, 1.54) is 21.7 Å². The summed E-state index contributed by atoms with van der Waals surface area (Å²) >= 11 is 1.72. The summed E-state index contributed by atoms with van der Waals surface area (Å²) in [6.07, 6.45) is 1.11. The first-order valence-corrected chi connectivity index (χ1v) is 6.87. The third kappa shape index (κ3) is 2.28. The normalized spacial score (nSPS) is 11.1. The molecule has 0 aromatic carbocycles. The first kappa shape index (κ1) is 12.3. The maximum Gasteiger partial charge on any atom is 0.0675 e. The molecule has 0 aliphatic rings. The number of aromatic nitrogens is 2. The molecule has 0 bridgehead atoms. The largest absolute Gasteiger partial charge is 0.326 e. The minimum Gasteiger partial charge on any atom is -0.326 e. The maximum absolute atomic E-state index is 5.66. The van der Waals surface area contributed by atoms with Crippen molar-refractivity contribution in [3.05, 3.63) is 27.7 Å². The molecule has 0 radical (unpaired) electrons. The van der Waals surface area contributed by atoms with Crippen LogP contribution in [0.3, 0.4) is 0 Å². The highest BCUT2D eigenvalue weighted by molar-refractivity contribution is 7.10. The quantitative estimate of drug-likeness (QED) is 0.905. The maximum atomic E-state index is 5.66. The van der Waals surface area contributed by atoms with Gasteiger partial charge in [0.2, 0.25) is 0 Å². The Bertz CT molecular complexity index is 511. The Balaban J connectivity index is 2.44. The van der Waals surface area contributed by atoms with Crippen molar-refractivity contribution in [2.24, 2.45) is 5.73 Å². The van der Waals surface area contributed by atoms with E-state index < -0.39 is 0 Å². The van der Waals surface area contributed by atoms with Crippen LogP contribution in [-0.2, 0) is 13.1 Å². The van der Waals surface area contributed by atoms with E-state index in [4.69, 9.17) is 5.73 Å². The number of nitrogens with zero attached hydrogens (tertiary/aromatic N) is 2. The average molecular weight is 249 g/mol. The highest BCUT2D eigenvalue weighted by Crippen LogP contribution is 2.30. The average Bonchev–Trinajstić information content (AvgIpc) is 2.86. The molecular weight excluding hydrogens is 230 g/mol. The molecule has 2 aromatic rings. The van der Waals surface area contributed by atoms with Gasteiger partial charge in [0, 0.05) is 29.2 Å². The van der Waals surface area contributed by atoms with E-state index in [9.17, 15) is 0 Å². The van der Waals surface area contributed by atoms with E-state index >= 15 is 0 Å². The number of rotatable bonds is 4. The van der Waals surface area contributed by atoms with Crippen LogP contribution in [0.4, 0.5) is 0 Å². The summed E-state index contributed by atoms with van der Waals surface area (Å²) in [6, 6.07) is 2.18. The zero-order valence-corrected chi connectivity index (χ0v) is 11.5. The highest BCUT2D eigenvalue weighted by atomic mass is 32.1. The van der Waals surface area contributed by atoms with Gasteiger partial charge in [-0.05, 0) is 37.3 Å². The van der Waals surface area contributed by atoms with E-state index in [1.54, 1.807) is 11.3 Å². The summed E-state index contributed by atoms with van der Waals surface area (Å²) in [4.78, 5) is 1.22. The van der Waals surface area contributed by atoms with Crippen molar-refractivity contribution < 1.29 is 0 Å². The number of hydrogen-bond acceptors (Lipinski definition) is 3. The fraction of sp³-hybridized carbons (Fsp3) is 0.462. The zero-order valence-electron chi connectivity index (χ0n) is 10.7. The second kappa shape index (κ2) is 5.02. The van der Waals surface area contributed by atoms with E-state index in [0.29, 0.717) is 6.54 Å². The van der Waals surface area contributed by atoms with Gasteiger partial charge >= 0.3 is 0 Å². The molecule has 2 N–H and O–H groups in total. The van der Waals surface area contributed by atoms with Gasteiger partial charge in [-0.15, -0.1) is 11.3 Å². The van der Waals surface area contributed by atoms with Crippen LogP contribution >= 0.6 is 11.3 Å². The molecule has 0 aliphatic heterocycles. The summed E-state index contributed by atoms with van der Waals surface area (Å²) in [5, 5.41) is 6.78. The molecule has 2 rings (SSSR count). The van der Waals surface area contributed by atoms with Crippen molar-refractivity contribution in [2.45, 2.75) is 40.3 Å². The predicted octanol–water partition coefficient (Wildman–Crippen LogP) is 3.10. The standard InChI is InChI=1S/C13H19N3S/c1-4-5-16-10(3)13(9(2)15-16)11-6-12(7-14)17-8-11/h6,8H,4-5,7,14H2,1-3H3. The third-order valence-electron chi connectivity index (χ3n) is 2.96. The summed E-state index contributed by atoms with van der Waals surface area (Å²) < 4.78 is 2.10. The summed E-state index contributed by atoms with van der Waals surface area (Å²) in [5.41, 5.74) is 10.6. The molecule has 0 spiro atoms. The molecular formula is C13H19N3S. The van der Waals surface area contributed by atoms with Crippen molar-refractivity contribution in [3.63, 3.8) is 0 Å². The second-order valence-corrected chi connectivity index (χ2v) is 5.27. The SMILES string of the molecule is CCCn1nc(C)c(-c2csc(CN)c2)c1C. The molecule has 4 heteroatoms. The van der Waals surface area contributed by atoms with Crippen molar-refractivity contribution in [2.75, 3.05) is 0 Å². The lowest BCUT2D eigenvalue weighted by Gasteiger charge is -2.02. The van der Waals surface area contributed by atoms with Gasteiger partial charge < -0.3 is 5.73 Å². The van der Waals surface area contributed by atoms with Crippen molar-refractivity contribution in [3.8, 4) is 11.1 Å². The molecule has 2 aromatic heterocycles. The molecule has 0 saturated carbocycles. The number of aryl methyl sites for hydroxylation is 2. The molecule has 0 unspecified atom stereocenters. The lowest BCUT2D eigenvalue weighted by Crippen LogP contribution is -2.01. The molecule has 3 nitrogen and oxygen atoms in total. The Labute approximate surface area is 106 Å². The van der Waals surface area contributed by atoms with Crippen LogP contribution in [0, 0.1) is 13.8 Å². The van der Waals surface area contributed by atoms with Gasteiger partial charge in [0.25, 0.3) is 0 Å². The van der Waals surface area contributed by atoms with Crippen LogP contribution in [-0.4, -0.2) is 9.78 Å². The Morgan fingerprint density at radius 3 is 2.76 bits per heavy atom. The smallest absolute Gasteiger partial charge is 0.0675 e. The molecule has 17 heavy (non-hydrogen) atoms. The van der Waals surface area contributed by atoms with Gasteiger partial charge in [-0.3, -0.25) is 4.68 Å². The summed E-state index contributed by atoms with van der Waals surface area (Å²) in [7, 11) is 0. The molecule has 0 atom stereocenters. The molecule has 92 valence electrons. The first-order valence-electron chi connectivity index (χ1n) is 5.99. The van der Waals surface area contributed by atoms with Crippen molar-refractivity contribution in [1.29, 1.82) is 0 Å². The van der Waals surface area contributed by atoms with Crippen LogP contribution in [0.15, 0.2) is 11.4 Å². The Kier molecular flexibility index (Phi) is 3.64. The Morgan fingerprint density at radius 1 is 1.41 bits per heavy atom. The highest BCUT2D eigenvalue weighted by Gasteiger charge is 2.14. The van der Waals surface area contributed by atoms with E-state index in [-0.39, 0.29) is 0 Å². The number of thiophene rings is 1. The van der Waals surface area contributed by atoms with E-state index in [2.05, 4.69) is 42.0 Å². The minimum atomic E-state index is 0.617. The van der Waals surface area contributed by atoms with Gasteiger partial charge in [-0.1, -0.05) is 6.92 Å².